The number of nitrogens with one attached hydrogen (secondary N) is 1. The smallest absolute Gasteiger partial charge is 0.159 e. The molecule has 4 rings (SSSR count). The van der Waals surface area contributed by atoms with Gasteiger partial charge in [-0.05, 0) is 23.8 Å². The maximum absolute atomic E-state index is 6.38. The summed E-state index contributed by atoms with van der Waals surface area (Å²) in [5.41, 5.74) is 9.12. The fourth-order valence-corrected chi connectivity index (χ4v) is 3.59. The second-order valence-corrected chi connectivity index (χ2v) is 7.28. The van der Waals surface area contributed by atoms with Gasteiger partial charge in [0.1, 0.15) is 12.0 Å². The quantitative estimate of drug-likeness (QED) is 0.686. The average Bonchev–Trinajstić information content (AvgIpc) is 2.71. The third kappa shape index (κ3) is 4.35. The zero-order valence-electron chi connectivity index (χ0n) is 15.6. The summed E-state index contributed by atoms with van der Waals surface area (Å²) in [4.78, 5) is 13.4. The molecule has 144 valence electrons. The van der Waals surface area contributed by atoms with Crippen LogP contribution in [-0.2, 0) is 6.54 Å². The van der Waals surface area contributed by atoms with Crippen molar-refractivity contribution in [3.8, 4) is 0 Å². The molecule has 0 amide bonds. The largest absolute Gasteiger partial charge is 0.393 e. The van der Waals surface area contributed by atoms with Gasteiger partial charge in [0.25, 0.3) is 0 Å². The fraction of sp³-hybridized carbons (Fsp3) is 0.238. The van der Waals surface area contributed by atoms with E-state index in [0.29, 0.717) is 16.5 Å². The average molecular weight is 395 g/mol. The lowest BCUT2D eigenvalue weighted by Gasteiger charge is -2.36. The van der Waals surface area contributed by atoms with Gasteiger partial charge < -0.3 is 16.0 Å². The van der Waals surface area contributed by atoms with Crippen LogP contribution in [0.4, 0.5) is 23.0 Å². The number of halogens is 1. The summed E-state index contributed by atoms with van der Waals surface area (Å²) in [6.07, 6.45) is 1.55. The molecule has 7 heteroatoms. The van der Waals surface area contributed by atoms with Crippen molar-refractivity contribution in [2.45, 2.75) is 6.54 Å². The van der Waals surface area contributed by atoms with Gasteiger partial charge in [-0.3, -0.25) is 4.90 Å². The Bertz CT molecular complexity index is 925. The highest BCUT2D eigenvalue weighted by Gasteiger charge is 2.21. The second-order valence-electron chi connectivity index (χ2n) is 6.84. The Morgan fingerprint density at radius 3 is 2.50 bits per heavy atom. The topological polar surface area (TPSA) is 70.3 Å². The maximum Gasteiger partial charge on any atom is 0.159 e. The SMILES string of the molecule is Nc1c(Nc2cccc(Cl)c2)ncnc1N1CCN(Cc2ccccc2)CC1. The molecular weight excluding hydrogens is 372 g/mol. The van der Waals surface area contributed by atoms with Crippen molar-refractivity contribution in [3.05, 3.63) is 71.5 Å². The molecule has 0 atom stereocenters. The van der Waals surface area contributed by atoms with Crippen LogP contribution in [0.3, 0.4) is 0 Å². The minimum Gasteiger partial charge on any atom is -0.393 e. The van der Waals surface area contributed by atoms with Gasteiger partial charge in [-0.1, -0.05) is 48.0 Å². The summed E-state index contributed by atoms with van der Waals surface area (Å²) in [6.45, 7) is 4.66. The van der Waals surface area contributed by atoms with Crippen LogP contribution in [0.1, 0.15) is 5.56 Å². The Labute approximate surface area is 170 Å². The van der Waals surface area contributed by atoms with Crippen LogP contribution in [0, 0.1) is 0 Å². The zero-order chi connectivity index (χ0) is 19.3. The molecule has 1 fully saturated rings. The summed E-state index contributed by atoms with van der Waals surface area (Å²) in [6, 6.07) is 18.0. The monoisotopic (exact) mass is 394 g/mol. The Morgan fingerprint density at radius 2 is 1.75 bits per heavy atom. The summed E-state index contributed by atoms with van der Waals surface area (Å²) < 4.78 is 0. The van der Waals surface area contributed by atoms with Gasteiger partial charge in [-0.25, -0.2) is 9.97 Å². The maximum atomic E-state index is 6.38. The van der Waals surface area contributed by atoms with E-state index in [2.05, 4.69) is 49.4 Å². The lowest BCUT2D eigenvalue weighted by molar-refractivity contribution is 0.249. The van der Waals surface area contributed by atoms with Gasteiger partial charge in [0, 0.05) is 43.4 Å². The molecular formula is C21H23ClN6. The van der Waals surface area contributed by atoms with Crippen molar-refractivity contribution < 1.29 is 0 Å². The number of aromatic nitrogens is 2. The number of nitrogens with two attached hydrogens (primary N) is 1. The first-order valence-corrected chi connectivity index (χ1v) is 9.71. The molecule has 1 aliphatic heterocycles. The fourth-order valence-electron chi connectivity index (χ4n) is 3.40. The highest BCUT2D eigenvalue weighted by Crippen LogP contribution is 2.29. The summed E-state index contributed by atoms with van der Waals surface area (Å²) in [5.74, 6) is 1.37. The number of rotatable bonds is 5. The molecule has 0 bridgehead atoms. The van der Waals surface area contributed by atoms with Crippen molar-refractivity contribution in [1.82, 2.24) is 14.9 Å². The zero-order valence-corrected chi connectivity index (χ0v) is 16.3. The Kier molecular flexibility index (Phi) is 5.60. The molecule has 6 nitrogen and oxygen atoms in total. The molecule has 0 saturated carbocycles. The van der Waals surface area contributed by atoms with Crippen LogP contribution in [-0.4, -0.2) is 41.0 Å². The Hall–Kier alpha value is -2.83. The number of nitrogens with zero attached hydrogens (tertiary/aromatic N) is 4. The molecule has 3 N–H and O–H groups in total. The highest BCUT2D eigenvalue weighted by molar-refractivity contribution is 6.30. The molecule has 1 saturated heterocycles. The Morgan fingerprint density at radius 1 is 0.964 bits per heavy atom. The molecule has 0 aliphatic carbocycles. The summed E-state index contributed by atoms with van der Waals surface area (Å²) >= 11 is 6.06. The lowest BCUT2D eigenvalue weighted by atomic mass is 10.2. The predicted octanol–water partition coefficient (Wildman–Crippen LogP) is 3.78. The number of hydrogen-bond acceptors (Lipinski definition) is 6. The van der Waals surface area contributed by atoms with Crippen LogP contribution in [0.2, 0.25) is 5.02 Å². The predicted molar refractivity (Wildman–Crippen MR) is 115 cm³/mol. The van der Waals surface area contributed by atoms with Gasteiger partial charge in [0.05, 0.1) is 0 Å². The lowest BCUT2D eigenvalue weighted by Crippen LogP contribution is -2.46. The van der Waals surface area contributed by atoms with Crippen molar-refractivity contribution >= 4 is 34.6 Å². The first-order chi connectivity index (χ1) is 13.7. The number of anilines is 4. The molecule has 0 radical (unpaired) electrons. The van der Waals surface area contributed by atoms with E-state index in [-0.39, 0.29) is 0 Å². The van der Waals surface area contributed by atoms with Gasteiger partial charge in [0.15, 0.2) is 11.6 Å². The number of benzene rings is 2. The molecule has 28 heavy (non-hydrogen) atoms. The van der Waals surface area contributed by atoms with E-state index in [1.54, 1.807) is 6.33 Å². The molecule has 1 aliphatic rings. The third-order valence-electron chi connectivity index (χ3n) is 4.87. The van der Waals surface area contributed by atoms with E-state index >= 15 is 0 Å². The van der Waals surface area contributed by atoms with Gasteiger partial charge in [-0.15, -0.1) is 0 Å². The molecule has 0 spiro atoms. The van der Waals surface area contributed by atoms with Gasteiger partial charge in [0.2, 0.25) is 0 Å². The minimum absolute atomic E-state index is 0.555. The van der Waals surface area contributed by atoms with E-state index in [4.69, 9.17) is 17.3 Å². The van der Waals surface area contributed by atoms with E-state index < -0.39 is 0 Å². The van der Waals surface area contributed by atoms with Crippen LogP contribution in [0.5, 0.6) is 0 Å². The third-order valence-corrected chi connectivity index (χ3v) is 5.11. The molecule has 2 aromatic carbocycles. The number of hydrogen-bond donors (Lipinski definition) is 2. The van der Waals surface area contributed by atoms with Gasteiger partial charge >= 0.3 is 0 Å². The van der Waals surface area contributed by atoms with E-state index in [1.165, 1.54) is 5.56 Å². The summed E-state index contributed by atoms with van der Waals surface area (Å²) in [7, 11) is 0. The van der Waals surface area contributed by atoms with Crippen LogP contribution in [0.25, 0.3) is 0 Å². The van der Waals surface area contributed by atoms with E-state index in [1.807, 2.05) is 30.3 Å². The Balaban J connectivity index is 1.42. The normalized spacial score (nSPS) is 14.8. The van der Waals surface area contributed by atoms with Crippen molar-refractivity contribution in [1.29, 1.82) is 0 Å². The highest BCUT2D eigenvalue weighted by atomic mass is 35.5. The van der Waals surface area contributed by atoms with Crippen molar-refractivity contribution in [3.63, 3.8) is 0 Å². The molecule has 3 aromatic rings. The first kappa shape index (κ1) is 18.5. The van der Waals surface area contributed by atoms with Crippen LogP contribution >= 0.6 is 11.6 Å². The van der Waals surface area contributed by atoms with E-state index in [9.17, 15) is 0 Å². The molecule has 1 aromatic heterocycles. The first-order valence-electron chi connectivity index (χ1n) is 9.33. The number of piperazine rings is 1. The van der Waals surface area contributed by atoms with Crippen LogP contribution in [0.15, 0.2) is 60.9 Å². The van der Waals surface area contributed by atoms with Crippen LogP contribution < -0.4 is 16.0 Å². The second kappa shape index (κ2) is 8.46. The summed E-state index contributed by atoms with van der Waals surface area (Å²) in [5, 5.41) is 3.90. The van der Waals surface area contributed by atoms with Gasteiger partial charge in [-0.2, -0.15) is 0 Å². The van der Waals surface area contributed by atoms with E-state index in [0.717, 1.165) is 44.2 Å². The number of nitrogen functional groups attached to an aromatic ring is 1. The van der Waals surface area contributed by atoms with Crippen molar-refractivity contribution in [2.75, 3.05) is 42.1 Å². The minimum atomic E-state index is 0.555. The van der Waals surface area contributed by atoms with Crippen molar-refractivity contribution in [2.24, 2.45) is 0 Å². The molecule has 2 heterocycles. The molecule has 0 unspecified atom stereocenters. The standard InChI is InChI=1S/C21H23ClN6/c22-17-7-4-8-18(13-17)26-20-19(23)21(25-15-24-20)28-11-9-27(10-12-28)14-16-5-2-1-3-6-16/h1-8,13,15H,9-12,14,23H2,(H,24,25,26).